The van der Waals surface area contributed by atoms with E-state index in [4.69, 9.17) is 4.74 Å². The van der Waals surface area contributed by atoms with Crippen molar-refractivity contribution in [3.8, 4) is 0 Å². The van der Waals surface area contributed by atoms with Crippen molar-refractivity contribution in [2.75, 3.05) is 20.7 Å². The van der Waals surface area contributed by atoms with Gasteiger partial charge in [-0.1, -0.05) is 42.5 Å². The van der Waals surface area contributed by atoms with E-state index >= 15 is 0 Å². The van der Waals surface area contributed by atoms with Crippen LogP contribution in [-0.4, -0.2) is 42.2 Å². The summed E-state index contributed by atoms with van der Waals surface area (Å²) in [5.74, 6) is -0.104. The molecule has 2 aliphatic heterocycles. The van der Waals surface area contributed by atoms with Crippen LogP contribution in [0.1, 0.15) is 28.4 Å². The Bertz CT molecular complexity index is 1030. The number of likely N-dealkylation sites (N-methyl/N-ethyl adjacent to an activating group) is 1. The second-order valence-corrected chi connectivity index (χ2v) is 7.73. The highest BCUT2D eigenvalue weighted by Crippen LogP contribution is 2.48. The minimum atomic E-state index is -0.176. The van der Waals surface area contributed by atoms with Gasteiger partial charge in [0.2, 0.25) is 0 Å². The van der Waals surface area contributed by atoms with Crippen LogP contribution in [0.3, 0.4) is 0 Å². The average molecular weight is 474 g/mol. The Kier molecular flexibility index (Phi) is 4.55. The third-order valence-corrected chi connectivity index (χ3v) is 6.51. The van der Waals surface area contributed by atoms with Crippen LogP contribution in [0.4, 0.5) is 0 Å². The fourth-order valence-electron chi connectivity index (χ4n) is 5.16. The Hall–Kier alpha value is -1.86. The molecule has 4 nitrogen and oxygen atoms in total. The Balaban J connectivity index is 0.00000180. The summed E-state index contributed by atoms with van der Waals surface area (Å²) in [6.07, 6.45) is 1.72. The maximum Gasteiger partial charge on any atom is 0.365 e. The first-order valence-electron chi connectivity index (χ1n) is 9.23. The summed E-state index contributed by atoms with van der Waals surface area (Å²) >= 11 is 0. The molecule has 5 rings (SSSR count). The summed E-state index contributed by atoms with van der Waals surface area (Å²) in [5.41, 5.74) is 6.41. The molecule has 5 heteroatoms. The average Bonchev–Trinajstić information content (AvgIpc) is 3.04. The van der Waals surface area contributed by atoms with E-state index in [0.29, 0.717) is 4.48 Å². The molecular formula is C22H23IN2O2. The molecular weight excluding hydrogens is 451 g/mol. The van der Waals surface area contributed by atoms with Gasteiger partial charge in [-0.25, -0.2) is 4.79 Å². The molecule has 27 heavy (non-hydrogen) atoms. The number of quaternary nitrogens is 1. The molecule has 0 saturated heterocycles. The smallest absolute Gasteiger partial charge is 0.365 e. The molecule has 140 valence electrons. The number of ether oxygens (including phenoxy) is 1. The molecule has 0 amide bonds. The number of nitrogens with zero attached hydrogens (tertiary/aromatic N) is 1. The number of fused-ring (bicyclic) bond motifs is 7. The normalized spacial score (nSPS) is 25.7. The predicted molar refractivity (Wildman–Crippen MR) is 101 cm³/mol. The van der Waals surface area contributed by atoms with Gasteiger partial charge in [0.1, 0.15) is 0 Å². The topological polar surface area (TPSA) is 42.1 Å². The van der Waals surface area contributed by atoms with Crippen LogP contribution in [0.25, 0.3) is 10.9 Å². The lowest BCUT2D eigenvalue weighted by Gasteiger charge is -2.51. The molecule has 0 radical (unpaired) electrons. The fourth-order valence-corrected chi connectivity index (χ4v) is 5.16. The van der Waals surface area contributed by atoms with E-state index in [1.165, 1.54) is 34.9 Å². The predicted octanol–water partition coefficient (Wildman–Crippen LogP) is 0.362. The largest absolute Gasteiger partial charge is 1.00 e. The summed E-state index contributed by atoms with van der Waals surface area (Å²) in [6, 6.07) is 17.0. The fraction of sp³-hybridized carbons (Fsp3) is 0.318. The number of para-hydroxylation sites is 1. The molecule has 3 aromatic rings. The second-order valence-electron chi connectivity index (χ2n) is 7.73. The molecule has 0 spiro atoms. The molecule has 3 heterocycles. The van der Waals surface area contributed by atoms with Crippen molar-refractivity contribution in [3.05, 3.63) is 70.9 Å². The number of halogens is 1. The quantitative estimate of drug-likeness (QED) is 0.315. The third-order valence-electron chi connectivity index (χ3n) is 6.51. The zero-order valence-corrected chi connectivity index (χ0v) is 17.7. The van der Waals surface area contributed by atoms with E-state index in [-0.39, 0.29) is 42.0 Å². The van der Waals surface area contributed by atoms with Crippen LogP contribution in [0.5, 0.6) is 0 Å². The van der Waals surface area contributed by atoms with Crippen molar-refractivity contribution in [3.63, 3.8) is 0 Å². The molecule has 1 aromatic heterocycles. The van der Waals surface area contributed by atoms with E-state index < -0.39 is 0 Å². The van der Waals surface area contributed by atoms with Crippen molar-refractivity contribution < 1.29 is 38.0 Å². The highest BCUT2D eigenvalue weighted by Gasteiger charge is 2.53. The first kappa shape index (κ1) is 18.5. The molecule has 2 aliphatic rings. The van der Waals surface area contributed by atoms with Gasteiger partial charge in [-0.05, 0) is 17.2 Å². The Morgan fingerprint density at radius 1 is 1.15 bits per heavy atom. The summed E-state index contributed by atoms with van der Waals surface area (Å²) in [7, 11) is 3.72. The number of hydrogen-bond acceptors (Lipinski definition) is 2. The lowest BCUT2D eigenvalue weighted by molar-refractivity contribution is -0.953. The summed E-state index contributed by atoms with van der Waals surface area (Å²) in [4.78, 5) is 16.4. The van der Waals surface area contributed by atoms with Gasteiger partial charge in [-0.3, -0.25) is 0 Å². The number of nitrogens with one attached hydrogen (secondary N) is 1. The van der Waals surface area contributed by atoms with Crippen LogP contribution in [0.2, 0.25) is 0 Å². The van der Waals surface area contributed by atoms with Gasteiger partial charge in [0.05, 0.1) is 26.4 Å². The number of aromatic nitrogens is 1. The van der Waals surface area contributed by atoms with Crippen molar-refractivity contribution in [1.82, 2.24) is 4.98 Å². The van der Waals surface area contributed by atoms with Gasteiger partial charge in [0.15, 0.2) is 12.1 Å². The second kappa shape index (κ2) is 6.63. The number of esters is 1. The number of aromatic amines is 1. The summed E-state index contributed by atoms with van der Waals surface area (Å²) in [5, 5.41) is 1.23. The number of carbonyl (C=O) groups excluding carboxylic acids is 1. The molecule has 2 unspecified atom stereocenters. The number of benzene rings is 2. The molecule has 3 atom stereocenters. The number of methoxy groups -OCH3 is 1. The number of hydrogen-bond donors (Lipinski definition) is 1. The van der Waals surface area contributed by atoms with E-state index in [0.717, 1.165) is 24.9 Å². The van der Waals surface area contributed by atoms with Crippen molar-refractivity contribution in [2.24, 2.45) is 0 Å². The maximum absolute atomic E-state index is 12.8. The van der Waals surface area contributed by atoms with Gasteiger partial charge in [0.25, 0.3) is 0 Å². The molecule has 0 saturated carbocycles. The van der Waals surface area contributed by atoms with Crippen LogP contribution < -0.4 is 24.0 Å². The molecule has 0 aliphatic carbocycles. The number of H-pyrrole nitrogens is 1. The maximum atomic E-state index is 12.8. The minimum absolute atomic E-state index is 0. The van der Waals surface area contributed by atoms with Crippen molar-refractivity contribution >= 4 is 16.9 Å². The number of carbonyl (C=O) groups is 1. The van der Waals surface area contributed by atoms with Gasteiger partial charge in [0, 0.05) is 29.3 Å². The lowest BCUT2D eigenvalue weighted by Crippen LogP contribution is -3.00. The van der Waals surface area contributed by atoms with E-state index in [1.807, 2.05) is 0 Å². The minimum Gasteiger partial charge on any atom is -1.00 e. The SMILES string of the molecule is COC(=O)[C@H]1Cc2c([nH]c3ccccc23)C2c3ccccc3CC[N+]21C.[I-]. The monoisotopic (exact) mass is 474 g/mol. The van der Waals surface area contributed by atoms with Crippen LogP contribution >= 0.6 is 0 Å². The van der Waals surface area contributed by atoms with Gasteiger partial charge < -0.3 is 38.2 Å². The molecule has 0 bridgehead atoms. The van der Waals surface area contributed by atoms with Crippen LogP contribution in [-0.2, 0) is 22.4 Å². The van der Waals surface area contributed by atoms with Crippen molar-refractivity contribution in [2.45, 2.75) is 24.9 Å². The van der Waals surface area contributed by atoms with Crippen LogP contribution in [0, 0.1) is 0 Å². The zero-order chi connectivity index (χ0) is 17.9. The van der Waals surface area contributed by atoms with E-state index in [9.17, 15) is 4.79 Å². The first-order chi connectivity index (χ1) is 12.6. The Morgan fingerprint density at radius 3 is 2.70 bits per heavy atom. The summed E-state index contributed by atoms with van der Waals surface area (Å²) in [6.45, 7) is 0.941. The third kappa shape index (κ3) is 2.55. The summed E-state index contributed by atoms with van der Waals surface area (Å²) < 4.78 is 5.91. The molecule has 1 N–H and O–H groups in total. The van der Waals surface area contributed by atoms with Gasteiger partial charge in [-0.2, -0.15) is 0 Å². The Morgan fingerprint density at radius 2 is 1.89 bits per heavy atom. The van der Waals surface area contributed by atoms with E-state index in [2.05, 4.69) is 60.6 Å². The van der Waals surface area contributed by atoms with Gasteiger partial charge in [-0.15, -0.1) is 0 Å². The van der Waals surface area contributed by atoms with E-state index in [1.54, 1.807) is 0 Å². The van der Waals surface area contributed by atoms with Gasteiger partial charge >= 0.3 is 5.97 Å². The molecule has 0 fully saturated rings. The van der Waals surface area contributed by atoms with Crippen molar-refractivity contribution in [1.29, 1.82) is 0 Å². The van der Waals surface area contributed by atoms with Crippen LogP contribution in [0.15, 0.2) is 48.5 Å². The highest BCUT2D eigenvalue weighted by atomic mass is 127. The Labute approximate surface area is 176 Å². The lowest BCUT2D eigenvalue weighted by atomic mass is 9.80. The first-order valence-corrected chi connectivity index (χ1v) is 9.23. The highest BCUT2D eigenvalue weighted by molar-refractivity contribution is 5.87. The number of rotatable bonds is 1. The molecule has 2 aromatic carbocycles. The standard InChI is InChI=1S/C22H23N2O2.HI/c1-24-12-11-14-7-3-4-8-15(14)21(24)20-17(13-19(24)22(25)26-2)16-9-5-6-10-18(16)23-20;/h3-10,19,21,23H,11-13H2,1-2H3;1H/q+1;/p-1/t19-,21?,24?;/m1./s1. The zero-order valence-electron chi connectivity index (χ0n) is 15.5.